The molecule has 2 aromatic rings. The Bertz CT molecular complexity index is 623. The number of rotatable bonds is 5. The number of thiophene rings is 1. The van der Waals surface area contributed by atoms with Crippen LogP contribution in [-0.2, 0) is 16.6 Å². The maximum Gasteiger partial charge on any atom is 0.185 e. The van der Waals surface area contributed by atoms with Gasteiger partial charge in [0.05, 0.1) is 20.7 Å². The minimum Gasteiger partial charge on any atom is -0.292 e. The van der Waals surface area contributed by atoms with Gasteiger partial charge in [-0.3, -0.25) is 9.00 Å². The van der Waals surface area contributed by atoms with Crippen molar-refractivity contribution in [2.24, 2.45) is 0 Å². The lowest BCUT2D eigenvalue weighted by molar-refractivity contribution is 0.102. The van der Waals surface area contributed by atoms with E-state index in [9.17, 15) is 9.00 Å². The number of Topliss-reactive ketones (excluding diaryl/α,β-unsaturated/α-hetero) is 1. The van der Waals surface area contributed by atoms with E-state index in [2.05, 4.69) is 0 Å². The summed E-state index contributed by atoms with van der Waals surface area (Å²) in [7, 11) is -1.27. The monoisotopic (exact) mass is 332 g/mol. The van der Waals surface area contributed by atoms with Crippen LogP contribution in [0.25, 0.3) is 0 Å². The first-order chi connectivity index (χ1) is 9.06. The molecule has 0 fully saturated rings. The van der Waals surface area contributed by atoms with Gasteiger partial charge in [-0.15, -0.1) is 11.3 Å². The van der Waals surface area contributed by atoms with Crippen molar-refractivity contribution < 1.29 is 9.00 Å². The predicted octanol–water partition coefficient (Wildman–Crippen LogP) is 4.19. The van der Waals surface area contributed by atoms with E-state index in [0.29, 0.717) is 14.2 Å². The van der Waals surface area contributed by atoms with E-state index in [1.54, 1.807) is 18.2 Å². The average Bonchev–Trinajstić information content (AvgIpc) is 2.79. The van der Waals surface area contributed by atoms with Crippen LogP contribution in [0.4, 0.5) is 0 Å². The fourth-order valence-electron chi connectivity index (χ4n) is 1.52. The third-order valence-corrected chi connectivity index (χ3v) is 5.27. The van der Waals surface area contributed by atoms with E-state index in [4.69, 9.17) is 23.2 Å². The summed E-state index contributed by atoms with van der Waals surface area (Å²) in [5.74, 6) is 0.120. The molecule has 0 saturated heterocycles. The van der Waals surface area contributed by atoms with Crippen molar-refractivity contribution in [3.05, 3.63) is 56.2 Å². The number of ketones is 1. The summed E-state index contributed by atoms with van der Waals surface area (Å²) in [6, 6.07) is 10.5. The molecule has 0 aliphatic rings. The van der Waals surface area contributed by atoms with Crippen molar-refractivity contribution in [2.45, 2.75) is 5.75 Å². The van der Waals surface area contributed by atoms with Crippen molar-refractivity contribution in [3.8, 4) is 0 Å². The Labute approximate surface area is 127 Å². The Morgan fingerprint density at radius 3 is 2.53 bits per heavy atom. The van der Waals surface area contributed by atoms with Gasteiger partial charge in [-0.1, -0.05) is 41.4 Å². The lowest BCUT2D eigenvalue weighted by Crippen LogP contribution is -2.11. The lowest BCUT2D eigenvalue weighted by atomic mass is 10.2. The molecular formula is C13H10Cl2O2S2. The maximum absolute atomic E-state index is 12.0. The molecule has 0 aliphatic heterocycles. The Morgan fingerprint density at radius 2 is 1.89 bits per heavy atom. The second-order valence-electron chi connectivity index (χ2n) is 3.85. The zero-order valence-electron chi connectivity index (χ0n) is 9.77. The zero-order chi connectivity index (χ0) is 13.8. The Balaban J connectivity index is 1.99. The standard InChI is InChI=1S/C13H10Cl2O2S2/c14-10-4-2-1-3-9(10)7-19(17)8-11(16)12-5-6-13(15)18-12/h1-6H,7-8H2. The molecule has 1 heterocycles. The van der Waals surface area contributed by atoms with E-state index >= 15 is 0 Å². The summed E-state index contributed by atoms with van der Waals surface area (Å²) in [5.41, 5.74) is 0.791. The van der Waals surface area contributed by atoms with Crippen molar-refractivity contribution in [1.29, 1.82) is 0 Å². The van der Waals surface area contributed by atoms with E-state index in [0.717, 1.165) is 5.56 Å². The smallest absolute Gasteiger partial charge is 0.185 e. The largest absolute Gasteiger partial charge is 0.292 e. The molecule has 0 aliphatic carbocycles. The number of carbonyl (C=O) groups is 1. The second kappa shape index (κ2) is 6.66. The van der Waals surface area contributed by atoms with Crippen LogP contribution in [-0.4, -0.2) is 15.7 Å². The molecule has 0 spiro atoms. The van der Waals surface area contributed by atoms with E-state index in [1.165, 1.54) is 11.3 Å². The first kappa shape index (κ1) is 14.7. The molecule has 1 unspecified atom stereocenters. The highest BCUT2D eigenvalue weighted by Crippen LogP contribution is 2.22. The van der Waals surface area contributed by atoms with Gasteiger partial charge in [-0.2, -0.15) is 0 Å². The molecule has 6 heteroatoms. The summed E-state index contributed by atoms with van der Waals surface area (Å²) in [4.78, 5) is 12.4. The molecule has 1 atom stereocenters. The molecule has 1 aromatic heterocycles. The first-order valence-corrected chi connectivity index (χ1v) is 8.49. The Hall–Kier alpha value is -0.680. The van der Waals surface area contributed by atoms with Gasteiger partial charge < -0.3 is 0 Å². The minimum absolute atomic E-state index is 0.0118. The van der Waals surface area contributed by atoms with Crippen LogP contribution in [0.3, 0.4) is 0 Å². The number of hydrogen-bond donors (Lipinski definition) is 0. The highest BCUT2D eigenvalue weighted by atomic mass is 35.5. The third-order valence-electron chi connectivity index (χ3n) is 2.41. The molecule has 2 nitrogen and oxygen atoms in total. The number of carbonyl (C=O) groups excluding carboxylic acids is 1. The van der Waals surface area contributed by atoms with Gasteiger partial charge in [0, 0.05) is 15.8 Å². The average molecular weight is 333 g/mol. The van der Waals surface area contributed by atoms with Crippen molar-refractivity contribution in [3.63, 3.8) is 0 Å². The van der Waals surface area contributed by atoms with Gasteiger partial charge in [0.15, 0.2) is 5.78 Å². The summed E-state index contributed by atoms with van der Waals surface area (Å²) in [5, 5.41) is 0.572. The maximum atomic E-state index is 12.0. The van der Waals surface area contributed by atoms with Crippen LogP contribution in [0.2, 0.25) is 9.36 Å². The molecule has 0 saturated carbocycles. The molecule has 0 amide bonds. The Kier molecular flexibility index (Phi) is 5.16. The quantitative estimate of drug-likeness (QED) is 0.769. The number of benzene rings is 1. The fourth-order valence-corrected chi connectivity index (χ4v) is 4.02. The number of hydrogen-bond acceptors (Lipinski definition) is 3. The highest BCUT2D eigenvalue weighted by molar-refractivity contribution is 7.85. The summed E-state index contributed by atoms with van der Waals surface area (Å²) in [6.45, 7) is 0. The van der Waals surface area contributed by atoms with Gasteiger partial charge in [0.25, 0.3) is 0 Å². The molecule has 0 bridgehead atoms. The van der Waals surface area contributed by atoms with Crippen LogP contribution in [0.1, 0.15) is 15.2 Å². The molecule has 2 rings (SSSR count). The highest BCUT2D eigenvalue weighted by Gasteiger charge is 2.14. The van der Waals surface area contributed by atoms with Crippen LogP contribution in [0, 0.1) is 0 Å². The van der Waals surface area contributed by atoms with E-state index in [-0.39, 0.29) is 17.3 Å². The minimum atomic E-state index is -1.27. The van der Waals surface area contributed by atoms with Gasteiger partial charge >= 0.3 is 0 Å². The molecule has 19 heavy (non-hydrogen) atoms. The van der Waals surface area contributed by atoms with Crippen LogP contribution < -0.4 is 0 Å². The molecule has 0 N–H and O–H groups in total. The topological polar surface area (TPSA) is 34.1 Å². The predicted molar refractivity (Wildman–Crippen MR) is 81.8 cm³/mol. The van der Waals surface area contributed by atoms with E-state index < -0.39 is 10.8 Å². The van der Waals surface area contributed by atoms with Gasteiger partial charge in [0.2, 0.25) is 0 Å². The molecule has 0 radical (unpaired) electrons. The van der Waals surface area contributed by atoms with Crippen LogP contribution in [0.5, 0.6) is 0 Å². The van der Waals surface area contributed by atoms with Crippen molar-refractivity contribution in [1.82, 2.24) is 0 Å². The summed E-state index contributed by atoms with van der Waals surface area (Å²) < 4.78 is 12.5. The summed E-state index contributed by atoms with van der Waals surface area (Å²) >= 11 is 13.0. The zero-order valence-corrected chi connectivity index (χ0v) is 12.9. The van der Waals surface area contributed by atoms with Crippen LogP contribution >= 0.6 is 34.5 Å². The normalized spacial score (nSPS) is 12.3. The summed E-state index contributed by atoms with van der Waals surface area (Å²) in [6.07, 6.45) is 0. The van der Waals surface area contributed by atoms with Gasteiger partial charge in [-0.25, -0.2) is 0 Å². The lowest BCUT2D eigenvalue weighted by Gasteiger charge is -2.03. The molecular weight excluding hydrogens is 323 g/mol. The molecule has 100 valence electrons. The number of halogens is 2. The molecule has 1 aromatic carbocycles. The fraction of sp³-hybridized carbons (Fsp3) is 0.154. The Morgan fingerprint density at radius 1 is 1.16 bits per heavy atom. The van der Waals surface area contributed by atoms with Crippen molar-refractivity contribution in [2.75, 3.05) is 5.75 Å². The second-order valence-corrected chi connectivity index (χ2v) is 7.43. The van der Waals surface area contributed by atoms with Crippen molar-refractivity contribution >= 4 is 51.1 Å². The van der Waals surface area contributed by atoms with Gasteiger partial charge in [-0.05, 0) is 23.8 Å². The third kappa shape index (κ3) is 4.14. The SMILES string of the molecule is O=C(CS(=O)Cc1ccccc1Cl)c1ccc(Cl)s1. The van der Waals surface area contributed by atoms with E-state index in [1.807, 2.05) is 18.2 Å². The van der Waals surface area contributed by atoms with Crippen LogP contribution in [0.15, 0.2) is 36.4 Å². The first-order valence-electron chi connectivity index (χ1n) is 5.43. The van der Waals surface area contributed by atoms with Gasteiger partial charge in [0.1, 0.15) is 0 Å².